The molecule has 0 saturated heterocycles. The molecule has 0 radical (unpaired) electrons. The van der Waals surface area contributed by atoms with Gasteiger partial charge in [-0.3, -0.25) is 0 Å². The number of thiophene rings is 1. The van der Waals surface area contributed by atoms with Crippen molar-refractivity contribution in [2.45, 2.75) is 39.7 Å². The fourth-order valence-electron chi connectivity index (χ4n) is 1.50. The lowest BCUT2D eigenvalue weighted by Gasteiger charge is -2.15. The van der Waals surface area contributed by atoms with E-state index in [1.165, 1.54) is 16.0 Å². The SMILES string of the molecule is Cc1csc(C)c1C(C)C(C)O. The number of aliphatic hydroxyl groups excluding tert-OH is 1. The third kappa shape index (κ3) is 1.70. The molecule has 0 aliphatic heterocycles. The molecule has 2 atom stereocenters. The van der Waals surface area contributed by atoms with E-state index in [4.69, 9.17) is 0 Å². The van der Waals surface area contributed by atoms with Gasteiger partial charge >= 0.3 is 0 Å². The van der Waals surface area contributed by atoms with E-state index in [0.29, 0.717) is 0 Å². The summed E-state index contributed by atoms with van der Waals surface area (Å²) in [5, 5.41) is 11.6. The van der Waals surface area contributed by atoms with Gasteiger partial charge in [-0.25, -0.2) is 0 Å². The Morgan fingerprint density at radius 1 is 1.33 bits per heavy atom. The number of rotatable bonds is 2. The largest absolute Gasteiger partial charge is 0.393 e. The maximum atomic E-state index is 9.45. The lowest BCUT2D eigenvalue weighted by Crippen LogP contribution is -2.11. The van der Waals surface area contributed by atoms with Crippen LogP contribution in [0.4, 0.5) is 0 Å². The monoisotopic (exact) mass is 184 g/mol. The highest BCUT2D eigenvalue weighted by molar-refractivity contribution is 7.10. The standard InChI is InChI=1S/C10H16OS/c1-6-5-12-9(4)10(6)7(2)8(3)11/h5,7-8,11H,1-4H3. The molecule has 0 amide bonds. The predicted octanol–water partition coefficient (Wildman–Crippen LogP) is 2.85. The highest BCUT2D eigenvalue weighted by atomic mass is 32.1. The molecule has 1 nitrogen and oxygen atoms in total. The number of aryl methyl sites for hydroxylation is 2. The van der Waals surface area contributed by atoms with Gasteiger partial charge in [-0.2, -0.15) is 0 Å². The Morgan fingerprint density at radius 2 is 1.92 bits per heavy atom. The Morgan fingerprint density at radius 3 is 2.25 bits per heavy atom. The van der Waals surface area contributed by atoms with Crippen LogP contribution in [0.25, 0.3) is 0 Å². The maximum absolute atomic E-state index is 9.45. The van der Waals surface area contributed by atoms with E-state index in [-0.39, 0.29) is 12.0 Å². The first kappa shape index (κ1) is 9.75. The average molecular weight is 184 g/mol. The molecule has 1 aromatic heterocycles. The molecule has 68 valence electrons. The minimum Gasteiger partial charge on any atom is -0.393 e. The van der Waals surface area contributed by atoms with Gasteiger partial charge in [-0.05, 0) is 37.3 Å². The van der Waals surface area contributed by atoms with E-state index >= 15 is 0 Å². The molecule has 0 spiro atoms. The third-order valence-electron chi connectivity index (χ3n) is 2.40. The van der Waals surface area contributed by atoms with E-state index in [0.717, 1.165) is 0 Å². The fraction of sp³-hybridized carbons (Fsp3) is 0.600. The zero-order valence-electron chi connectivity index (χ0n) is 8.09. The molecule has 0 fully saturated rings. The molecule has 2 heteroatoms. The second kappa shape index (κ2) is 3.58. The lowest BCUT2D eigenvalue weighted by molar-refractivity contribution is 0.168. The maximum Gasteiger partial charge on any atom is 0.0578 e. The van der Waals surface area contributed by atoms with E-state index in [1.54, 1.807) is 11.3 Å². The first-order valence-electron chi connectivity index (χ1n) is 4.26. The molecular formula is C10H16OS. The van der Waals surface area contributed by atoms with Crippen molar-refractivity contribution in [3.05, 3.63) is 21.4 Å². The summed E-state index contributed by atoms with van der Waals surface area (Å²) >= 11 is 1.77. The van der Waals surface area contributed by atoms with Gasteiger partial charge in [0.2, 0.25) is 0 Å². The second-order valence-electron chi connectivity index (χ2n) is 3.42. The van der Waals surface area contributed by atoms with Gasteiger partial charge in [0.15, 0.2) is 0 Å². The molecule has 1 aromatic rings. The Balaban J connectivity index is 3.00. The zero-order valence-corrected chi connectivity index (χ0v) is 8.90. The van der Waals surface area contributed by atoms with E-state index in [1.807, 2.05) is 6.92 Å². The molecule has 0 aliphatic carbocycles. The van der Waals surface area contributed by atoms with Crippen molar-refractivity contribution in [2.24, 2.45) is 0 Å². The van der Waals surface area contributed by atoms with Crippen LogP contribution in [0, 0.1) is 13.8 Å². The molecule has 1 rings (SSSR count). The van der Waals surface area contributed by atoms with Crippen LogP contribution < -0.4 is 0 Å². The second-order valence-corrected chi connectivity index (χ2v) is 4.50. The topological polar surface area (TPSA) is 20.2 Å². The lowest BCUT2D eigenvalue weighted by atomic mass is 9.94. The minimum atomic E-state index is -0.253. The van der Waals surface area contributed by atoms with E-state index < -0.39 is 0 Å². The molecule has 0 saturated carbocycles. The summed E-state index contributed by atoms with van der Waals surface area (Å²) in [6, 6.07) is 0. The minimum absolute atomic E-state index is 0.253. The smallest absolute Gasteiger partial charge is 0.0578 e. The van der Waals surface area contributed by atoms with Crippen LogP contribution in [-0.4, -0.2) is 11.2 Å². The van der Waals surface area contributed by atoms with Gasteiger partial charge in [-0.15, -0.1) is 11.3 Å². The molecule has 0 aliphatic rings. The van der Waals surface area contributed by atoms with Gasteiger partial charge in [0.1, 0.15) is 0 Å². The van der Waals surface area contributed by atoms with Crippen LogP contribution in [0.1, 0.15) is 35.8 Å². The summed E-state index contributed by atoms with van der Waals surface area (Å²) in [5.41, 5.74) is 2.64. The van der Waals surface area contributed by atoms with E-state index in [9.17, 15) is 5.11 Å². The molecule has 0 aromatic carbocycles. The van der Waals surface area contributed by atoms with Gasteiger partial charge in [0.25, 0.3) is 0 Å². The molecule has 1 N–H and O–H groups in total. The van der Waals surface area contributed by atoms with Crippen LogP contribution in [0.3, 0.4) is 0 Å². The summed E-state index contributed by atoms with van der Waals surface area (Å²) in [7, 11) is 0. The predicted molar refractivity (Wildman–Crippen MR) is 53.9 cm³/mol. The fourth-order valence-corrected chi connectivity index (χ4v) is 2.46. The zero-order chi connectivity index (χ0) is 9.30. The van der Waals surface area contributed by atoms with Crippen LogP contribution in [0.5, 0.6) is 0 Å². The third-order valence-corrected chi connectivity index (χ3v) is 3.44. The summed E-state index contributed by atoms with van der Waals surface area (Å²) in [4.78, 5) is 1.33. The van der Waals surface area contributed by atoms with Gasteiger partial charge in [-0.1, -0.05) is 6.92 Å². The Kier molecular flexibility index (Phi) is 2.91. The Hall–Kier alpha value is -0.340. The van der Waals surface area contributed by atoms with Crippen molar-refractivity contribution in [2.75, 3.05) is 0 Å². The first-order valence-corrected chi connectivity index (χ1v) is 5.14. The van der Waals surface area contributed by atoms with Crippen molar-refractivity contribution >= 4 is 11.3 Å². The normalized spacial score (nSPS) is 16.1. The van der Waals surface area contributed by atoms with Crippen LogP contribution in [-0.2, 0) is 0 Å². The summed E-state index contributed by atoms with van der Waals surface area (Å²) in [5.74, 6) is 0.260. The molecule has 12 heavy (non-hydrogen) atoms. The van der Waals surface area contributed by atoms with Gasteiger partial charge < -0.3 is 5.11 Å². The van der Waals surface area contributed by atoms with Crippen molar-refractivity contribution in [1.29, 1.82) is 0 Å². The highest BCUT2D eigenvalue weighted by Crippen LogP contribution is 2.30. The molecule has 1 heterocycles. The number of hydrogen-bond acceptors (Lipinski definition) is 2. The van der Waals surface area contributed by atoms with Crippen molar-refractivity contribution in [1.82, 2.24) is 0 Å². The molecule has 2 unspecified atom stereocenters. The number of aliphatic hydroxyl groups is 1. The van der Waals surface area contributed by atoms with Crippen LogP contribution in [0.2, 0.25) is 0 Å². The number of hydrogen-bond donors (Lipinski definition) is 1. The van der Waals surface area contributed by atoms with Crippen molar-refractivity contribution in [3.63, 3.8) is 0 Å². The highest BCUT2D eigenvalue weighted by Gasteiger charge is 2.16. The van der Waals surface area contributed by atoms with Gasteiger partial charge in [0, 0.05) is 10.8 Å². The Labute approximate surface area is 78.1 Å². The summed E-state index contributed by atoms with van der Waals surface area (Å²) < 4.78 is 0. The summed E-state index contributed by atoms with van der Waals surface area (Å²) in [6.07, 6.45) is -0.253. The Bertz CT molecular complexity index is 243. The van der Waals surface area contributed by atoms with Crippen LogP contribution in [0.15, 0.2) is 5.38 Å². The molecule has 0 bridgehead atoms. The van der Waals surface area contributed by atoms with Crippen LogP contribution >= 0.6 is 11.3 Å². The average Bonchev–Trinajstić information content (AvgIpc) is 2.30. The van der Waals surface area contributed by atoms with E-state index in [2.05, 4.69) is 26.2 Å². The molecular weight excluding hydrogens is 168 g/mol. The van der Waals surface area contributed by atoms with Crippen molar-refractivity contribution in [3.8, 4) is 0 Å². The van der Waals surface area contributed by atoms with Gasteiger partial charge in [0.05, 0.1) is 6.10 Å². The van der Waals surface area contributed by atoms with Crippen molar-refractivity contribution < 1.29 is 5.11 Å². The summed E-state index contributed by atoms with van der Waals surface area (Å²) in [6.45, 7) is 8.15. The first-order chi connectivity index (χ1) is 5.54. The quantitative estimate of drug-likeness (QED) is 0.749.